The molecule has 1 amide bonds. The summed E-state index contributed by atoms with van der Waals surface area (Å²) < 4.78 is 39.0. The number of aliphatic hydroxyl groups is 2. The van der Waals surface area contributed by atoms with E-state index >= 15 is 0 Å². The number of rotatable bonds is 6. The fraction of sp³-hybridized carbons (Fsp3) is 0.639. The molecule has 2 unspecified atom stereocenters. The van der Waals surface area contributed by atoms with Gasteiger partial charge in [0, 0.05) is 69.3 Å². The van der Waals surface area contributed by atoms with Crippen LogP contribution in [0, 0.1) is 5.92 Å². The maximum absolute atomic E-state index is 13.6. The fourth-order valence-electron chi connectivity index (χ4n) is 6.49. The van der Waals surface area contributed by atoms with E-state index in [9.17, 15) is 28.6 Å². The highest BCUT2D eigenvalue weighted by Gasteiger charge is 2.39. The third-order valence-corrected chi connectivity index (χ3v) is 9.74. The molecule has 6 atom stereocenters. The lowest BCUT2D eigenvalue weighted by Gasteiger charge is -2.42. The molecule has 11 heteroatoms. The maximum atomic E-state index is 13.6. The molecule has 0 radical (unpaired) electrons. The van der Waals surface area contributed by atoms with Gasteiger partial charge in [-0.05, 0) is 62.8 Å². The Labute approximate surface area is 277 Å². The standard InChI is InChI=1S/C36H51F2N3O6/c1-25(28-9-6-18-39-24-28)7-5-8-26(2)33-27(3)10-11-31(35(4,45)15-12-30(42)23-32(43)47-33)46-34(44)41-19-13-29(14-20-41)40-21-16-36(37,38)17-22-40/h5-11,18,24-25,27,29-31,33,42,45H,12-17,19-23H2,1-4H3/b7-5+,11-10+,26-8+/t25?,27-,30-,31?,33+,35-/m0/s1. The molecule has 9 nitrogen and oxygen atoms in total. The zero-order valence-electron chi connectivity index (χ0n) is 28.1. The first kappa shape index (κ1) is 36.7. The minimum absolute atomic E-state index is 0.0854. The lowest BCUT2D eigenvalue weighted by atomic mass is 9.88. The summed E-state index contributed by atoms with van der Waals surface area (Å²) in [5, 5.41) is 22.1. The molecule has 4 rings (SSSR count). The number of allylic oxidation sites excluding steroid dienone is 3. The molecule has 2 N–H and O–H groups in total. The highest BCUT2D eigenvalue weighted by molar-refractivity contribution is 5.70. The summed E-state index contributed by atoms with van der Waals surface area (Å²) in [6, 6.07) is 4.04. The van der Waals surface area contributed by atoms with Gasteiger partial charge in [0.25, 0.3) is 5.92 Å². The maximum Gasteiger partial charge on any atom is 0.410 e. The second-order valence-electron chi connectivity index (χ2n) is 13.7. The quantitative estimate of drug-likeness (QED) is 0.224. The number of piperidine rings is 2. The van der Waals surface area contributed by atoms with Crippen LogP contribution < -0.4 is 0 Å². The van der Waals surface area contributed by atoms with Gasteiger partial charge in [-0.3, -0.25) is 14.7 Å². The predicted octanol–water partition coefficient (Wildman–Crippen LogP) is 5.79. The first-order chi connectivity index (χ1) is 22.2. The van der Waals surface area contributed by atoms with Gasteiger partial charge in [-0.25, -0.2) is 13.6 Å². The molecule has 1 aromatic rings. The van der Waals surface area contributed by atoms with Crippen LogP contribution in [-0.4, -0.2) is 99.1 Å². The van der Waals surface area contributed by atoms with Crippen LogP contribution in [0.5, 0.6) is 0 Å². The van der Waals surface area contributed by atoms with E-state index in [0.29, 0.717) is 39.0 Å². The number of cyclic esters (lactones) is 1. The van der Waals surface area contributed by atoms with Crippen molar-refractivity contribution in [1.29, 1.82) is 0 Å². The Morgan fingerprint density at radius 1 is 1.15 bits per heavy atom. The number of alkyl halides is 2. The topological polar surface area (TPSA) is 112 Å². The predicted molar refractivity (Wildman–Crippen MR) is 175 cm³/mol. The molecule has 0 saturated carbocycles. The molecule has 2 saturated heterocycles. The Hall–Kier alpha value is -3.15. The number of nitrogens with zero attached hydrogens (tertiary/aromatic N) is 3. The van der Waals surface area contributed by atoms with E-state index in [0.717, 1.165) is 11.1 Å². The normalized spacial score (nSPS) is 31.8. The van der Waals surface area contributed by atoms with E-state index in [-0.39, 0.29) is 50.0 Å². The Balaban J connectivity index is 1.44. The van der Waals surface area contributed by atoms with Crippen LogP contribution in [0.3, 0.4) is 0 Å². The van der Waals surface area contributed by atoms with Crippen LogP contribution in [0.1, 0.15) is 84.1 Å². The zero-order chi connectivity index (χ0) is 34.2. The van der Waals surface area contributed by atoms with Crippen molar-refractivity contribution in [2.24, 2.45) is 5.92 Å². The number of likely N-dealkylation sites (tertiary alicyclic amines) is 2. The SMILES string of the molecule is C/C(=C\C=C\C(C)c1cccnc1)[C@H]1OC(=O)C[C@@H](O)CC[C@](C)(O)C(OC(=O)N2CCC(N3CCC(F)(F)CC3)CC2)/C=C/[C@@H]1C. The number of amides is 1. The van der Waals surface area contributed by atoms with Crippen molar-refractivity contribution in [3.63, 3.8) is 0 Å². The highest BCUT2D eigenvalue weighted by Crippen LogP contribution is 2.31. The van der Waals surface area contributed by atoms with E-state index in [4.69, 9.17) is 9.47 Å². The van der Waals surface area contributed by atoms with Gasteiger partial charge in [-0.15, -0.1) is 0 Å². The summed E-state index contributed by atoms with van der Waals surface area (Å²) in [5.41, 5.74) is 0.347. The molecule has 1 aromatic heterocycles. The number of carbonyl (C=O) groups is 2. The van der Waals surface area contributed by atoms with Crippen molar-refractivity contribution < 1.29 is 38.1 Å². The van der Waals surface area contributed by atoms with E-state index in [1.165, 1.54) is 0 Å². The van der Waals surface area contributed by atoms with Gasteiger partial charge in [0.1, 0.15) is 11.7 Å². The van der Waals surface area contributed by atoms with Crippen molar-refractivity contribution in [3.8, 4) is 0 Å². The van der Waals surface area contributed by atoms with Crippen LogP contribution in [0.25, 0.3) is 0 Å². The summed E-state index contributed by atoms with van der Waals surface area (Å²) in [4.78, 5) is 34.0. The zero-order valence-corrected chi connectivity index (χ0v) is 28.1. The smallest absolute Gasteiger partial charge is 0.410 e. The highest BCUT2D eigenvalue weighted by atomic mass is 19.3. The minimum Gasteiger partial charge on any atom is -0.457 e. The van der Waals surface area contributed by atoms with E-state index in [1.54, 1.807) is 30.2 Å². The van der Waals surface area contributed by atoms with Crippen molar-refractivity contribution in [2.75, 3.05) is 26.2 Å². The number of hydrogen-bond acceptors (Lipinski definition) is 8. The third kappa shape index (κ3) is 10.7. The summed E-state index contributed by atoms with van der Waals surface area (Å²) in [6.45, 7) is 8.94. The summed E-state index contributed by atoms with van der Waals surface area (Å²) in [6.07, 6.45) is 10.6. The number of carbonyl (C=O) groups excluding carboxylic acids is 2. The first-order valence-corrected chi connectivity index (χ1v) is 16.8. The molecule has 4 heterocycles. The number of hydrogen-bond donors (Lipinski definition) is 2. The van der Waals surface area contributed by atoms with Crippen LogP contribution in [0.4, 0.5) is 13.6 Å². The minimum atomic E-state index is -2.60. The molecular formula is C36H51F2N3O6. The van der Waals surface area contributed by atoms with Gasteiger partial charge in [-0.1, -0.05) is 44.2 Å². The Morgan fingerprint density at radius 3 is 2.51 bits per heavy atom. The van der Waals surface area contributed by atoms with Crippen LogP contribution in [-0.2, 0) is 14.3 Å². The van der Waals surface area contributed by atoms with Gasteiger partial charge in [0.15, 0.2) is 6.10 Å². The number of esters is 1. The molecule has 2 fully saturated rings. The molecule has 3 aliphatic heterocycles. The van der Waals surface area contributed by atoms with Gasteiger partial charge in [-0.2, -0.15) is 0 Å². The number of aromatic nitrogens is 1. The molecule has 47 heavy (non-hydrogen) atoms. The van der Waals surface area contributed by atoms with E-state index in [2.05, 4.69) is 16.8 Å². The lowest BCUT2D eigenvalue weighted by molar-refractivity contribution is -0.151. The molecule has 0 bridgehead atoms. The van der Waals surface area contributed by atoms with Gasteiger partial charge in [0.2, 0.25) is 0 Å². The largest absolute Gasteiger partial charge is 0.457 e. The van der Waals surface area contributed by atoms with E-state index in [1.807, 2.05) is 50.4 Å². The van der Waals surface area contributed by atoms with Crippen LogP contribution in [0.2, 0.25) is 0 Å². The van der Waals surface area contributed by atoms with Crippen LogP contribution in [0.15, 0.2) is 60.5 Å². The number of pyridine rings is 1. The van der Waals surface area contributed by atoms with Crippen molar-refractivity contribution in [1.82, 2.24) is 14.8 Å². The van der Waals surface area contributed by atoms with Gasteiger partial charge in [0.05, 0.1) is 12.5 Å². The average molecular weight is 660 g/mol. The Morgan fingerprint density at radius 2 is 1.85 bits per heavy atom. The van der Waals surface area contributed by atoms with E-state index < -0.39 is 41.9 Å². The second kappa shape index (κ2) is 16.3. The summed E-state index contributed by atoms with van der Waals surface area (Å²) >= 11 is 0. The molecule has 0 aromatic carbocycles. The lowest BCUT2D eigenvalue weighted by Crippen LogP contribution is -2.51. The Kier molecular flexibility index (Phi) is 12.7. The molecule has 0 aliphatic carbocycles. The third-order valence-electron chi connectivity index (χ3n) is 9.74. The van der Waals surface area contributed by atoms with Crippen molar-refractivity contribution >= 4 is 12.1 Å². The van der Waals surface area contributed by atoms with Crippen LogP contribution >= 0.6 is 0 Å². The van der Waals surface area contributed by atoms with Gasteiger partial charge >= 0.3 is 12.1 Å². The fourth-order valence-corrected chi connectivity index (χ4v) is 6.49. The second-order valence-corrected chi connectivity index (χ2v) is 13.7. The average Bonchev–Trinajstić information content (AvgIpc) is 3.04. The summed E-state index contributed by atoms with van der Waals surface area (Å²) in [5.74, 6) is -3.35. The monoisotopic (exact) mass is 659 g/mol. The molecule has 260 valence electrons. The molecule has 3 aliphatic rings. The number of aliphatic hydroxyl groups excluding tert-OH is 1. The molecule has 0 spiro atoms. The Bertz CT molecular complexity index is 1270. The molecular weight excluding hydrogens is 608 g/mol. The first-order valence-electron chi connectivity index (χ1n) is 16.8. The number of halogens is 2. The van der Waals surface area contributed by atoms with Crippen molar-refractivity contribution in [2.45, 2.75) is 114 Å². The number of ether oxygens (including phenoxy) is 2. The summed E-state index contributed by atoms with van der Waals surface area (Å²) in [7, 11) is 0. The van der Waals surface area contributed by atoms with Crippen molar-refractivity contribution in [3.05, 3.63) is 66.0 Å². The van der Waals surface area contributed by atoms with Gasteiger partial charge < -0.3 is 24.6 Å².